The van der Waals surface area contributed by atoms with Crippen LogP contribution in [0.2, 0.25) is 0 Å². The van der Waals surface area contributed by atoms with E-state index in [2.05, 4.69) is 20.0 Å². The molecule has 0 atom stereocenters. The van der Waals surface area contributed by atoms with Crippen LogP contribution in [0, 0.1) is 6.92 Å². The average molecular weight is 326 g/mol. The Morgan fingerprint density at radius 3 is 2.78 bits per heavy atom. The van der Waals surface area contributed by atoms with Crippen molar-refractivity contribution in [3.63, 3.8) is 0 Å². The molecule has 124 valence electrons. The lowest BCUT2D eigenvalue weighted by Gasteiger charge is -2.31. The monoisotopic (exact) mass is 326 g/mol. The lowest BCUT2D eigenvalue weighted by molar-refractivity contribution is 0.00356. The highest BCUT2D eigenvalue weighted by molar-refractivity contribution is 5.65. The average Bonchev–Trinajstić information content (AvgIpc) is 2.52. The molecule has 8 nitrogen and oxygen atoms in total. The summed E-state index contributed by atoms with van der Waals surface area (Å²) in [6.45, 7) is 1.14. The van der Waals surface area contributed by atoms with Crippen LogP contribution < -0.4 is 0 Å². The van der Waals surface area contributed by atoms with E-state index in [4.69, 9.17) is 10.6 Å². The second-order valence-electron chi connectivity index (χ2n) is 5.35. The summed E-state index contributed by atoms with van der Waals surface area (Å²) in [6, 6.07) is 0. The summed E-state index contributed by atoms with van der Waals surface area (Å²) >= 11 is 0. The van der Waals surface area contributed by atoms with E-state index in [-0.39, 0.29) is 30.3 Å². The van der Waals surface area contributed by atoms with E-state index in [9.17, 15) is 13.6 Å². The molecule has 1 fully saturated rings. The Balaban J connectivity index is 2.29. The summed E-state index contributed by atoms with van der Waals surface area (Å²) in [5.74, 6) is -3.28. The normalized spacial score (nSPS) is 16.0. The molecule has 0 radical (unpaired) electrons. The minimum absolute atomic E-state index is 0.209. The highest BCUT2D eigenvalue weighted by atomic mass is 19.3. The van der Waals surface area contributed by atoms with Crippen molar-refractivity contribution in [1.29, 1.82) is 0 Å². The maximum atomic E-state index is 14.2. The fraction of sp³-hybridized carbons (Fsp3) is 0.615. The fourth-order valence-electron chi connectivity index (χ4n) is 2.63. The predicted octanol–water partition coefficient (Wildman–Crippen LogP) is 3.04. The number of carboxylic acid groups (broad SMARTS) is 1. The molecule has 2 heterocycles. The van der Waals surface area contributed by atoms with Gasteiger partial charge in [0.15, 0.2) is 0 Å². The molecule has 1 aliphatic heterocycles. The first-order valence-corrected chi connectivity index (χ1v) is 7.05. The summed E-state index contributed by atoms with van der Waals surface area (Å²) in [4.78, 5) is 22.5. The number of likely N-dealkylation sites (tertiary alicyclic amines) is 1. The number of piperidine rings is 1. The van der Waals surface area contributed by atoms with Gasteiger partial charge in [-0.1, -0.05) is 5.11 Å². The van der Waals surface area contributed by atoms with Crippen molar-refractivity contribution in [2.24, 2.45) is 5.11 Å². The molecule has 1 aromatic rings. The fourth-order valence-corrected chi connectivity index (χ4v) is 2.63. The van der Waals surface area contributed by atoms with Gasteiger partial charge in [0, 0.05) is 30.1 Å². The van der Waals surface area contributed by atoms with Gasteiger partial charge < -0.3 is 10.0 Å². The number of nitrogens with zero attached hydrogens (tertiary/aromatic N) is 6. The lowest BCUT2D eigenvalue weighted by Crippen LogP contribution is -2.37. The van der Waals surface area contributed by atoms with Crippen molar-refractivity contribution >= 4 is 6.09 Å². The topological polar surface area (TPSA) is 115 Å². The van der Waals surface area contributed by atoms with Crippen LogP contribution in [0.3, 0.4) is 0 Å². The van der Waals surface area contributed by atoms with Crippen LogP contribution >= 0.6 is 0 Å². The van der Waals surface area contributed by atoms with Gasteiger partial charge in [-0.05, 0) is 25.3 Å². The zero-order valence-corrected chi connectivity index (χ0v) is 12.5. The number of amides is 1. The molecule has 2 rings (SSSR count). The molecule has 0 aromatic carbocycles. The maximum Gasteiger partial charge on any atom is 0.407 e. The van der Waals surface area contributed by atoms with E-state index in [0.717, 1.165) is 6.20 Å². The molecule has 1 N–H and O–H groups in total. The van der Waals surface area contributed by atoms with Gasteiger partial charge in [-0.15, -0.1) is 0 Å². The summed E-state index contributed by atoms with van der Waals surface area (Å²) in [5.41, 5.74) is 8.10. The van der Waals surface area contributed by atoms with Gasteiger partial charge in [0.25, 0.3) is 5.92 Å². The Bertz CT molecular complexity index is 639. The van der Waals surface area contributed by atoms with Crippen molar-refractivity contribution in [2.45, 2.75) is 31.6 Å². The molecule has 1 amide bonds. The number of carbonyl (C=O) groups is 1. The summed E-state index contributed by atoms with van der Waals surface area (Å²) in [5, 5.41) is 11.9. The van der Waals surface area contributed by atoms with Crippen LogP contribution in [-0.4, -0.2) is 45.7 Å². The van der Waals surface area contributed by atoms with E-state index in [1.165, 1.54) is 4.90 Å². The first kappa shape index (κ1) is 16.9. The Kier molecular flexibility index (Phi) is 4.95. The maximum absolute atomic E-state index is 14.2. The standard InChI is InChI=1S/C13H16F2N6O2/c1-8-17-6-10(13(14,15)7-18-20-16)11(19-8)9-2-4-21(5-3-9)12(22)23/h6,9H,2-5,7H2,1H3,(H,22,23). The quantitative estimate of drug-likeness (QED) is 0.520. The zero-order valence-electron chi connectivity index (χ0n) is 12.5. The molecular formula is C13H16F2N6O2. The van der Waals surface area contributed by atoms with Gasteiger partial charge in [-0.25, -0.2) is 23.5 Å². The second kappa shape index (κ2) is 6.74. The highest BCUT2D eigenvalue weighted by Gasteiger charge is 2.37. The summed E-state index contributed by atoms with van der Waals surface area (Å²) in [7, 11) is 0. The molecule has 1 aromatic heterocycles. The van der Waals surface area contributed by atoms with Crippen molar-refractivity contribution in [1.82, 2.24) is 14.9 Å². The number of aromatic nitrogens is 2. The largest absolute Gasteiger partial charge is 0.465 e. The van der Waals surface area contributed by atoms with E-state index in [1.807, 2.05) is 0 Å². The number of azide groups is 1. The molecule has 0 saturated carbocycles. The Morgan fingerprint density at radius 2 is 2.22 bits per heavy atom. The van der Waals surface area contributed by atoms with Crippen LogP contribution in [0.15, 0.2) is 11.3 Å². The third-order valence-corrected chi connectivity index (χ3v) is 3.82. The molecule has 0 bridgehead atoms. The first-order valence-electron chi connectivity index (χ1n) is 7.05. The van der Waals surface area contributed by atoms with Crippen LogP contribution in [0.25, 0.3) is 10.4 Å². The van der Waals surface area contributed by atoms with Gasteiger partial charge in [0.1, 0.15) is 5.82 Å². The second-order valence-corrected chi connectivity index (χ2v) is 5.35. The molecule has 1 aliphatic rings. The third kappa shape index (κ3) is 3.84. The number of alkyl halides is 2. The van der Waals surface area contributed by atoms with Crippen molar-refractivity contribution < 1.29 is 18.7 Å². The van der Waals surface area contributed by atoms with Crippen LogP contribution in [0.5, 0.6) is 0 Å². The Hall–Kier alpha value is -2.48. The van der Waals surface area contributed by atoms with Gasteiger partial charge >= 0.3 is 6.09 Å². The van der Waals surface area contributed by atoms with Gasteiger partial charge in [-0.2, -0.15) is 0 Å². The van der Waals surface area contributed by atoms with Crippen LogP contribution in [0.4, 0.5) is 13.6 Å². The van der Waals surface area contributed by atoms with Crippen LogP contribution in [0.1, 0.15) is 35.8 Å². The van der Waals surface area contributed by atoms with Crippen molar-refractivity contribution in [3.05, 3.63) is 33.7 Å². The van der Waals surface area contributed by atoms with Gasteiger partial charge in [-0.3, -0.25) is 0 Å². The molecular weight excluding hydrogens is 310 g/mol. The molecule has 0 aliphatic carbocycles. The van der Waals surface area contributed by atoms with E-state index in [0.29, 0.717) is 18.7 Å². The highest BCUT2D eigenvalue weighted by Crippen LogP contribution is 2.36. The van der Waals surface area contributed by atoms with Gasteiger partial charge in [0.2, 0.25) is 0 Å². The number of hydrogen-bond donors (Lipinski definition) is 1. The van der Waals surface area contributed by atoms with Crippen molar-refractivity contribution in [3.8, 4) is 0 Å². The molecule has 0 spiro atoms. The minimum atomic E-state index is -3.36. The lowest BCUT2D eigenvalue weighted by atomic mass is 9.89. The first-order chi connectivity index (χ1) is 10.8. The SMILES string of the molecule is Cc1ncc(C(F)(F)CN=[N+]=[N-])c(C2CCN(C(=O)O)CC2)n1. The number of rotatable bonds is 4. The van der Waals surface area contributed by atoms with E-state index < -0.39 is 18.6 Å². The Morgan fingerprint density at radius 1 is 1.57 bits per heavy atom. The van der Waals surface area contributed by atoms with Crippen molar-refractivity contribution in [2.75, 3.05) is 19.6 Å². The number of halogens is 2. The van der Waals surface area contributed by atoms with Crippen LogP contribution in [-0.2, 0) is 5.92 Å². The summed E-state index contributed by atoms with van der Waals surface area (Å²) < 4.78 is 28.5. The molecule has 0 unspecified atom stereocenters. The molecule has 1 saturated heterocycles. The van der Waals surface area contributed by atoms with E-state index in [1.54, 1.807) is 6.92 Å². The molecule has 23 heavy (non-hydrogen) atoms. The Labute approximate surface area is 130 Å². The summed E-state index contributed by atoms with van der Waals surface area (Å²) in [6.07, 6.45) is 0.866. The smallest absolute Gasteiger partial charge is 0.407 e. The zero-order chi connectivity index (χ0) is 17.0. The predicted molar refractivity (Wildman–Crippen MR) is 76.2 cm³/mol. The number of aryl methyl sites for hydroxylation is 1. The van der Waals surface area contributed by atoms with Gasteiger partial charge in [0.05, 0.1) is 17.8 Å². The third-order valence-electron chi connectivity index (χ3n) is 3.82. The van der Waals surface area contributed by atoms with E-state index >= 15 is 0 Å². The minimum Gasteiger partial charge on any atom is -0.465 e. The number of hydrogen-bond acceptors (Lipinski definition) is 4. The molecule has 10 heteroatoms.